The molecule has 2 unspecified atom stereocenters. The minimum atomic E-state index is -0.157. The van der Waals surface area contributed by atoms with Gasteiger partial charge in [-0.25, -0.2) is 0 Å². The number of aromatic nitrogens is 3. The number of hydrogen-bond acceptors (Lipinski definition) is 7. The van der Waals surface area contributed by atoms with Crippen LogP contribution >= 0.6 is 0 Å². The van der Waals surface area contributed by atoms with Gasteiger partial charge in [0.2, 0.25) is 11.9 Å². The summed E-state index contributed by atoms with van der Waals surface area (Å²) in [5.74, 6) is 1.51. The molecule has 1 aliphatic rings. The molecule has 3 N–H and O–H groups in total. The molecular weight excluding hydrogens is 270 g/mol. The van der Waals surface area contributed by atoms with E-state index in [2.05, 4.69) is 25.6 Å². The second-order valence-corrected chi connectivity index (χ2v) is 5.36. The van der Waals surface area contributed by atoms with Crippen LogP contribution in [-0.2, 0) is 0 Å². The number of nitrogens with zero attached hydrogens (tertiary/aromatic N) is 3. The lowest BCUT2D eigenvalue weighted by atomic mass is 10.1. The number of anilines is 2. The van der Waals surface area contributed by atoms with Crippen LogP contribution in [0.25, 0.3) is 0 Å². The molecule has 118 valence electrons. The molecule has 0 aromatic carbocycles. The molecule has 1 fully saturated rings. The Morgan fingerprint density at radius 3 is 2.52 bits per heavy atom. The summed E-state index contributed by atoms with van der Waals surface area (Å²) >= 11 is 0. The largest absolute Gasteiger partial charge is 0.463 e. The van der Waals surface area contributed by atoms with Crippen molar-refractivity contribution in [3.8, 4) is 6.01 Å². The van der Waals surface area contributed by atoms with Gasteiger partial charge in [-0.15, -0.1) is 0 Å². The Balaban J connectivity index is 1.97. The van der Waals surface area contributed by atoms with Crippen LogP contribution in [0.5, 0.6) is 6.01 Å². The maximum absolute atomic E-state index is 9.55. The van der Waals surface area contributed by atoms with E-state index < -0.39 is 0 Å². The molecule has 2 rings (SSSR count). The van der Waals surface area contributed by atoms with Gasteiger partial charge in [-0.3, -0.25) is 0 Å². The lowest BCUT2D eigenvalue weighted by Gasteiger charge is -2.12. The Morgan fingerprint density at radius 2 is 1.90 bits per heavy atom. The first-order valence-electron chi connectivity index (χ1n) is 7.76. The standard InChI is InChI=1S/C14H25N5O2/c1-3-7-21-14-18-12(15-4-2)17-13(19-14)16-9-10-5-6-11(20)8-10/h10-11,20H,3-9H2,1-2H3,(H2,15,16,17,18,19). The van der Waals surface area contributed by atoms with Crippen LogP contribution in [0.3, 0.4) is 0 Å². The van der Waals surface area contributed by atoms with Gasteiger partial charge in [-0.05, 0) is 38.5 Å². The van der Waals surface area contributed by atoms with Crippen molar-refractivity contribution in [2.75, 3.05) is 30.3 Å². The molecule has 1 aromatic heterocycles. The van der Waals surface area contributed by atoms with Crippen LogP contribution in [0.15, 0.2) is 0 Å². The van der Waals surface area contributed by atoms with Gasteiger partial charge >= 0.3 is 6.01 Å². The molecule has 0 radical (unpaired) electrons. The molecule has 0 bridgehead atoms. The third kappa shape index (κ3) is 5.00. The molecule has 1 aromatic rings. The maximum atomic E-state index is 9.55. The Morgan fingerprint density at radius 1 is 1.14 bits per heavy atom. The predicted molar refractivity (Wildman–Crippen MR) is 81.6 cm³/mol. The number of ether oxygens (including phenoxy) is 1. The third-order valence-electron chi connectivity index (χ3n) is 3.45. The van der Waals surface area contributed by atoms with E-state index in [1.165, 1.54) is 0 Å². The zero-order valence-electron chi connectivity index (χ0n) is 12.8. The highest BCUT2D eigenvalue weighted by molar-refractivity contribution is 5.35. The van der Waals surface area contributed by atoms with Crippen LogP contribution in [0.4, 0.5) is 11.9 Å². The second kappa shape index (κ2) is 7.97. The minimum Gasteiger partial charge on any atom is -0.463 e. The lowest BCUT2D eigenvalue weighted by molar-refractivity contribution is 0.178. The monoisotopic (exact) mass is 295 g/mol. The third-order valence-corrected chi connectivity index (χ3v) is 3.45. The van der Waals surface area contributed by atoms with Crippen LogP contribution in [0.2, 0.25) is 0 Å². The predicted octanol–water partition coefficient (Wildman–Crippen LogP) is 1.67. The van der Waals surface area contributed by atoms with Gasteiger partial charge in [0.1, 0.15) is 0 Å². The number of nitrogens with one attached hydrogen (secondary N) is 2. The first kappa shape index (κ1) is 15.8. The molecule has 0 aliphatic heterocycles. The molecule has 0 amide bonds. The van der Waals surface area contributed by atoms with Crippen molar-refractivity contribution in [2.45, 2.75) is 45.6 Å². The van der Waals surface area contributed by atoms with Crippen molar-refractivity contribution in [1.29, 1.82) is 0 Å². The van der Waals surface area contributed by atoms with Crippen LogP contribution in [0.1, 0.15) is 39.5 Å². The molecule has 1 saturated carbocycles. The van der Waals surface area contributed by atoms with Crippen molar-refractivity contribution in [3.63, 3.8) is 0 Å². The van der Waals surface area contributed by atoms with Crippen molar-refractivity contribution in [2.24, 2.45) is 5.92 Å². The van der Waals surface area contributed by atoms with E-state index >= 15 is 0 Å². The van der Waals surface area contributed by atoms with Gasteiger partial charge in [0, 0.05) is 13.1 Å². The molecule has 1 heterocycles. The van der Waals surface area contributed by atoms with E-state index in [4.69, 9.17) is 4.74 Å². The normalized spacial score (nSPS) is 21.3. The quantitative estimate of drug-likeness (QED) is 0.671. The zero-order valence-corrected chi connectivity index (χ0v) is 12.8. The summed E-state index contributed by atoms with van der Waals surface area (Å²) in [6, 6.07) is 0.344. The van der Waals surface area contributed by atoms with Crippen LogP contribution < -0.4 is 15.4 Å². The highest BCUT2D eigenvalue weighted by Crippen LogP contribution is 2.25. The highest BCUT2D eigenvalue weighted by Gasteiger charge is 2.22. The summed E-state index contributed by atoms with van der Waals surface area (Å²) in [5, 5.41) is 15.9. The molecule has 21 heavy (non-hydrogen) atoms. The fourth-order valence-corrected chi connectivity index (χ4v) is 2.40. The van der Waals surface area contributed by atoms with Crippen LogP contribution in [0, 0.1) is 5.92 Å². The number of aliphatic hydroxyl groups is 1. The van der Waals surface area contributed by atoms with Gasteiger partial charge in [-0.2, -0.15) is 15.0 Å². The van der Waals surface area contributed by atoms with Gasteiger partial charge in [0.05, 0.1) is 12.7 Å². The molecule has 0 spiro atoms. The average Bonchev–Trinajstić information content (AvgIpc) is 2.89. The smallest absolute Gasteiger partial charge is 0.323 e. The van der Waals surface area contributed by atoms with E-state index in [9.17, 15) is 5.11 Å². The summed E-state index contributed by atoms with van der Waals surface area (Å²) in [6.07, 6.45) is 3.52. The topological polar surface area (TPSA) is 92.2 Å². The van der Waals surface area contributed by atoms with Crippen molar-refractivity contribution in [1.82, 2.24) is 15.0 Å². The summed E-state index contributed by atoms with van der Waals surface area (Å²) < 4.78 is 5.49. The fraction of sp³-hybridized carbons (Fsp3) is 0.786. The number of rotatable bonds is 8. The van der Waals surface area contributed by atoms with Gasteiger partial charge in [0.15, 0.2) is 0 Å². The summed E-state index contributed by atoms with van der Waals surface area (Å²) in [6.45, 7) is 6.12. The Hall–Kier alpha value is -1.63. The Kier molecular flexibility index (Phi) is 5.98. The maximum Gasteiger partial charge on any atom is 0.323 e. The summed E-state index contributed by atoms with van der Waals surface area (Å²) in [4.78, 5) is 12.8. The second-order valence-electron chi connectivity index (χ2n) is 5.36. The van der Waals surface area contributed by atoms with E-state index in [0.717, 1.165) is 38.8 Å². The van der Waals surface area contributed by atoms with E-state index in [-0.39, 0.29) is 6.10 Å². The first-order valence-corrected chi connectivity index (χ1v) is 7.76. The zero-order chi connectivity index (χ0) is 15.1. The Labute approximate surface area is 125 Å². The summed E-state index contributed by atoms with van der Waals surface area (Å²) in [5.41, 5.74) is 0. The number of aliphatic hydroxyl groups excluding tert-OH is 1. The fourth-order valence-electron chi connectivity index (χ4n) is 2.40. The lowest BCUT2D eigenvalue weighted by Crippen LogP contribution is -2.16. The van der Waals surface area contributed by atoms with Crippen molar-refractivity contribution >= 4 is 11.9 Å². The van der Waals surface area contributed by atoms with Gasteiger partial charge in [-0.1, -0.05) is 6.92 Å². The Bertz CT molecular complexity index is 443. The molecular formula is C14H25N5O2. The first-order chi connectivity index (χ1) is 10.2. The molecule has 1 aliphatic carbocycles. The van der Waals surface area contributed by atoms with Crippen LogP contribution in [-0.4, -0.2) is 45.9 Å². The average molecular weight is 295 g/mol. The molecule has 7 nitrogen and oxygen atoms in total. The highest BCUT2D eigenvalue weighted by atomic mass is 16.5. The van der Waals surface area contributed by atoms with Crippen molar-refractivity contribution < 1.29 is 9.84 Å². The SMILES string of the molecule is CCCOc1nc(NCC)nc(NCC2CCC(O)C2)n1. The van der Waals surface area contributed by atoms with E-state index in [1.54, 1.807) is 0 Å². The van der Waals surface area contributed by atoms with E-state index in [0.29, 0.717) is 30.4 Å². The van der Waals surface area contributed by atoms with E-state index in [1.807, 2.05) is 13.8 Å². The van der Waals surface area contributed by atoms with Gasteiger partial charge < -0.3 is 20.5 Å². The number of hydrogen-bond donors (Lipinski definition) is 3. The molecule has 7 heteroatoms. The minimum absolute atomic E-state index is 0.157. The molecule has 2 atom stereocenters. The summed E-state index contributed by atoms with van der Waals surface area (Å²) in [7, 11) is 0. The van der Waals surface area contributed by atoms with Crippen molar-refractivity contribution in [3.05, 3.63) is 0 Å². The molecule has 0 saturated heterocycles. The van der Waals surface area contributed by atoms with Gasteiger partial charge in [0.25, 0.3) is 0 Å².